The summed E-state index contributed by atoms with van der Waals surface area (Å²) in [4.78, 5) is 21.3. The van der Waals surface area contributed by atoms with E-state index in [1.54, 1.807) is 4.68 Å². The van der Waals surface area contributed by atoms with E-state index in [0.717, 1.165) is 29.3 Å². The van der Waals surface area contributed by atoms with Crippen LogP contribution in [0, 0.1) is 0 Å². The molecule has 3 aromatic carbocycles. The topological polar surface area (TPSA) is 72.2 Å². The molecule has 30 heavy (non-hydrogen) atoms. The lowest BCUT2D eigenvalue weighted by Gasteiger charge is -2.17. The summed E-state index contributed by atoms with van der Waals surface area (Å²) < 4.78 is 1.69. The summed E-state index contributed by atoms with van der Waals surface area (Å²) in [5.74, 6) is 0. The minimum atomic E-state index is -0.250. The molecule has 0 aliphatic heterocycles. The Bertz CT molecular complexity index is 1210. The van der Waals surface area contributed by atoms with Crippen molar-refractivity contribution in [3.63, 3.8) is 0 Å². The van der Waals surface area contributed by atoms with Gasteiger partial charge in [0.25, 0.3) is 12.0 Å². The van der Waals surface area contributed by atoms with Crippen molar-refractivity contribution in [3.05, 3.63) is 88.3 Å². The van der Waals surface area contributed by atoms with E-state index in [9.17, 15) is 4.79 Å². The fourth-order valence-corrected chi connectivity index (χ4v) is 3.87. The summed E-state index contributed by atoms with van der Waals surface area (Å²) in [5, 5.41) is 15.9. The summed E-state index contributed by atoms with van der Waals surface area (Å²) in [7, 11) is 0. The van der Waals surface area contributed by atoms with Crippen LogP contribution in [0.1, 0.15) is 44.0 Å². The zero-order valence-electron chi connectivity index (χ0n) is 17.3. The molecule has 0 aliphatic carbocycles. The summed E-state index contributed by atoms with van der Waals surface area (Å²) in [6.45, 7) is 3.97. The number of benzene rings is 3. The Morgan fingerprint density at radius 2 is 1.57 bits per heavy atom. The van der Waals surface area contributed by atoms with Gasteiger partial charge in [-0.05, 0) is 35.7 Å². The van der Waals surface area contributed by atoms with Crippen molar-refractivity contribution in [1.29, 1.82) is 0 Å². The first-order chi connectivity index (χ1) is 14.6. The molecule has 1 aromatic heterocycles. The number of fused-ring (bicyclic) bond motifs is 2. The lowest BCUT2D eigenvalue weighted by atomic mass is 9.99. The monoisotopic (exact) mass is 402 g/mol. The van der Waals surface area contributed by atoms with Crippen LogP contribution in [-0.2, 0) is 11.2 Å². The highest BCUT2D eigenvalue weighted by molar-refractivity contribution is 5.88. The SMILES string of the molecule is CCCC(C)n1nc(Cc2cccc3ccccc23)c2ccccc2c1=O.O=CO. The van der Waals surface area contributed by atoms with Crippen LogP contribution in [0.5, 0.6) is 0 Å². The van der Waals surface area contributed by atoms with E-state index in [-0.39, 0.29) is 18.1 Å². The Labute approximate surface area is 175 Å². The highest BCUT2D eigenvalue weighted by Crippen LogP contribution is 2.24. The van der Waals surface area contributed by atoms with Gasteiger partial charge in [-0.15, -0.1) is 0 Å². The molecule has 154 valence electrons. The molecule has 4 aromatic rings. The number of nitrogens with zero attached hydrogens (tertiary/aromatic N) is 2. The molecule has 0 spiro atoms. The molecular weight excluding hydrogens is 376 g/mol. The van der Waals surface area contributed by atoms with Crippen LogP contribution in [-0.4, -0.2) is 21.4 Å². The van der Waals surface area contributed by atoms with E-state index >= 15 is 0 Å². The Morgan fingerprint density at radius 1 is 0.967 bits per heavy atom. The third kappa shape index (κ3) is 4.40. The van der Waals surface area contributed by atoms with Crippen molar-refractivity contribution in [1.82, 2.24) is 9.78 Å². The van der Waals surface area contributed by atoms with E-state index in [2.05, 4.69) is 56.3 Å². The molecule has 4 rings (SSSR count). The number of carbonyl (C=O) groups is 1. The van der Waals surface area contributed by atoms with Crippen LogP contribution < -0.4 is 5.56 Å². The van der Waals surface area contributed by atoms with Crippen LogP contribution >= 0.6 is 0 Å². The highest BCUT2D eigenvalue weighted by Gasteiger charge is 2.15. The molecule has 1 atom stereocenters. The predicted octanol–water partition coefficient (Wildman–Crippen LogP) is 5.20. The predicted molar refractivity (Wildman–Crippen MR) is 121 cm³/mol. The third-order valence-corrected chi connectivity index (χ3v) is 5.27. The lowest BCUT2D eigenvalue weighted by molar-refractivity contribution is -0.122. The molecule has 0 amide bonds. The second-order valence-corrected chi connectivity index (χ2v) is 7.30. The zero-order valence-corrected chi connectivity index (χ0v) is 17.3. The van der Waals surface area contributed by atoms with Crippen molar-refractivity contribution in [2.75, 3.05) is 0 Å². The average Bonchev–Trinajstić information content (AvgIpc) is 2.76. The normalized spacial score (nSPS) is 11.7. The van der Waals surface area contributed by atoms with Crippen LogP contribution in [0.15, 0.2) is 71.5 Å². The number of hydrogen-bond acceptors (Lipinski definition) is 3. The number of aromatic nitrogens is 2. The molecule has 5 nitrogen and oxygen atoms in total. The van der Waals surface area contributed by atoms with Crippen molar-refractivity contribution >= 4 is 28.0 Å². The number of rotatable bonds is 5. The maximum absolute atomic E-state index is 13.0. The fraction of sp³-hybridized carbons (Fsp3) is 0.240. The second-order valence-electron chi connectivity index (χ2n) is 7.30. The van der Waals surface area contributed by atoms with Gasteiger partial charge in [0.1, 0.15) is 0 Å². The Kier molecular flexibility index (Phi) is 6.96. The number of hydrogen-bond donors (Lipinski definition) is 1. The lowest BCUT2D eigenvalue weighted by Crippen LogP contribution is -2.27. The van der Waals surface area contributed by atoms with E-state index < -0.39 is 0 Å². The summed E-state index contributed by atoms with van der Waals surface area (Å²) in [6, 6.07) is 22.7. The van der Waals surface area contributed by atoms with Crippen LogP contribution in [0.2, 0.25) is 0 Å². The standard InChI is InChI=1S/C24H24N2O.CH2O2/c1-3-9-17(2)26-24(27)22-15-7-6-14-21(22)23(25-26)16-19-12-8-11-18-10-4-5-13-20(18)19;2-1-3/h4-8,10-15,17H,3,9,16H2,1-2H3;1H,(H,2,3). The van der Waals surface area contributed by atoms with Gasteiger partial charge in [0.15, 0.2) is 0 Å². The molecule has 0 fully saturated rings. The largest absolute Gasteiger partial charge is 0.483 e. The molecule has 5 heteroatoms. The zero-order chi connectivity index (χ0) is 21.5. The van der Waals surface area contributed by atoms with Gasteiger partial charge in [-0.3, -0.25) is 9.59 Å². The summed E-state index contributed by atoms with van der Waals surface area (Å²) >= 11 is 0. The van der Waals surface area contributed by atoms with E-state index in [0.29, 0.717) is 6.42 Å². The molecule has 1 N–H and O–H groups in total. The van der Waals surface area contributed by atoms with Gasteiger partial charge < -0.3 is 5.11 Å². The highest BCUT2D eigenvalue weighted by atomic mass is 16.3. The van der Waals surface area contributed by atoms with Crippen LogP contribution in [0.3, 0.4) is 0 Å². The molecular formula is C25H26N2O3. The van der Waals surface area contributed by atoms with E-state index in [4.69, 9.17) is 15.0 Å². The first-order valence-corrected chi connectivity index (χ1v) is 10.2. The maximum atomic E-state index is 13.0. The Balaban J connectivity index is 0.000000806. The number of carboxylic acid groups (broad SMARTS) is 1. The van der Waals surface area contributed by atoms with E-state index in [1.165, 1.54) is 16.3 Å². The third-order valence-electron chi connectivity index (χ3n) is 5.27. The fourth-order valence-electron chi connectivity index (χ4n) is 3.87. The Morgan fingerprint density at radius 3 is 2.27 bits per heavy atom. The molecule has 0 radical (unpaired) electrons. The summed E-state index contributed by atoms with van der Waals surface area (Å²) in [6.07, 6.45) is 2.68. The van der Waals surface area contributed by atoms with Crippen LogP contribution in [0.25, 0.3) is 21.5 Å². The van der Waals surface area contributed by atoms with Gasteiger partial charge in [-0.2, -0.15) is 5.10 Å². The van der Waals surface area contributed by atoms with Gasteiger partial charge in [0.05, 0.1) is 17.1 Å². The van der Waals surface area contributed by atoms with Crippen LogP contribution in [0.4, 0.5) is 0 Å². The molecule has 0 saturated heterocycles. The van der Waals surface area contributed by atoms with Gasteiger partial charge in [0, 0.05) is 11.8 Å². The summed E-state index contributed by atoms with van der Waals surface area (Å²) in [5.41, 5.74) is 2.21. The van der Waals surface area contributed by atoms with Crippen molar-refractivity contribution in [2.24, 2.45) is 0 Å². The van der Waals surface area contributed by atoms with Gasteiger partial charge in [0.2, 0.25) is 0 Å². The Hall–Kier alpha value is -3.47. The first-order valence-electron chi connectivity index (χ1n) is 10.2. The van der Waals surface area contributed by atoms with Gasteiger partial charge >= 0.3 is 0 Å². The van der Waals surface area contributed by atoms with Gasteiger partial charge in [-0.25, -0.2) is 4.68 Å². The maximum Gasteiger partial charge on any atom is 0.290 e. The van der Waals surface area contributed by atoms with Gasteiger partial charge in [-0.1, -0.05) is 74.0 Å². The van der Waals surface area contributed by atoms with Crippen molar-refractivity contribution < 1.29 is 9.90 Å². The molecule has 1 unspecified atom stereocenters. The van der Waals surface area contributed by atoms with Crippen molar-refractivity contribution in [3.8, 4) is 0 Å². The van der Waals surface area contributed by atoms with E-state index in [1.807, 2.05) is 24.3 Å². The second kappa shape index (κ2) is 9.83. The quantitative estimate of drug-likeness (QED) is 0.466. The molecule has 0 aliphatic rings. The minimum Gasteiger partial charge on any atom is -0.483 e. The first kappa shape index (κ1) is 21.2. The molecule has 0 saturated carbocycles. The smallest absolute Gasteiger partial charge is 0.290 e. The average molecular weight is 402 g/mol. The molecule has 1 heterocycles. The van der Waals surface area contributed by atoms with Crippen molar-refractivity contribution in [2.45, 2.75) is 39.2 Å². The molecule has 0 bridgehead atoms. The minimum absolute atomic E-state index is 0.00761.